The molecule has 1 aliphatic rings. The van der Waals surface area contributed by atoms with E-state index in [1.54, 1.807) is 16.2 Å². The van der Waals surface area contributed by atoms with Gasteiger partial charge in [-0.15, -0.1) is 11.3 Å². The molecule has 106 valence electrons. The molecule has 1 heterocycles. The van der Waals surface area contributed by atoms with Gasteiger partial charge in [0, 0.05) is 18.0 Å². The number of hydrogen-bond donors (Lipinski definition) is 2. The van der Waals surface area contributed by atoms with Crippen LogP contribution < -0.4 is 5.32 Å². The summed E-state index contributed by atoms with van der Waals surface area (Å²) in [7, 11) is 0. The number of aryl methyl sites for hydroxylation is 1. The Labute approximate surface area is 118 Å². The van der Waals surface area contributed by atoms with Crippen LogP contribution in [0.1, 0.15) is 37.7 Å². The summed E-state index contributed by atoms with van der Waals surface area (Å²) in [6.45, 7) is 2.43. The van der Waals surface area contributed by atoms with Crippen molar-refractivity contribution in [2.45, 2.75) is 45.1 Å². The third-order valence-corrected chi connectivity index (χ3v) is 4.58. The Bertz CT molecular complexity index is 413. The summed E-state index contributed by atoms with van der Waals surface area (Å²) < 4.78 is 0. The Hall–Kier alpha value is -1.07. The minimum Gasteiger partial charge on any atom is -0.395 e. The molecule has 2 rings (SSSR count). The van der Waals surface area contributed by atoms with Crippen LogP contribution in [0.15, 0.2) is 10.8 Å². The predicted molar refractivity (Wildman–Crippen MR) is 78.7 cm³/mol. The van der Waals surface area contributed by atoms with E-state index in [-0.39, 0.29) is 18.7 Å². The standard InChI is InChI=1S/C14H22N2O2S/c1-11-9-19-10-13(11)15-14(18)16(7-8-17)12-5-3-2-4-6-12/h9-10,12,17H,2-8H2,1H3,(H,15,18). The molecule has 0 aromatic carbocycles. The number of anilines is 1. The maximum absolute atomic E-state index is 12.4. The van der Waals surface area contributed by atoms with Gasteiger partial charge in [-0.1, -0.05) is 19.3 Å². The van der Waals surface area contributed by atoms with Gasteiger partial charge in [-0.3, -0.25) is 0 Å². The van der Waals surface area contributed by atoms with E-state index in [0.29, 0.717) is 6.54 Å². The maximum Gasteiger partial charge on any atom is 0.322 e. The Morgan fingerprint density at radius 1 is 1.42 bits per heavy atom. The molecule has 0 radical (unpaired) electrons. The first-order valence-electron chi connectivity index (χ1n) is 6.93. The van der Waals surface area contributed by atoms with Gasteiger partial charge in [0.05, 0.1) is 12.3 Å². The van der Waals surface area contributed by atoms with Gasteiger partial charge in [0.2, 0.25) is 0 Å². The Morgan fingerprint density at radius 3 is 2.74 bits per heavy atom. The fraction of sp³-hybridized carbons (Fsp3) is 0.643. The maximum atomic E-state index is 12.4. The van der Waals surface area contributed by atoms with Gasteiger partial charge < -0.3 is 15.3 Å². The van der Waals surface area contributed by atoms with E-state index in [9.17, 15) is 9.90 Å². The van der Waals surface area contributed by atoms with Crippen LogP contribution in [0.25, 0.3) is 0 Å². The van der Waals surface area contributed by atoms with Crippen LogP contribution in [0.4, 0.5) is 10.5 Å². The third-order valence-electron chi connectivity index (χ3n) is 3.71. The monoisotopic (exact) mass is 282 g/mol. The molecule has 4 nitrogen and oxygen atoms in total. The third kappa shape index (κ3) is 3.70. The molecule has 2 amide bonds. The second kappa shape index (κ2) is 6.91. The van der Waals surface area contributed by atoms with Gasteiger partial charge >= 0.3 is 6.03 Å². The van der Waals surface area contributed by atoms with Crippen LogP contribution in [0, 0.1) is 6.92 Å². The highest BCUT2D eigenvalue weighted by atomic mass is 32.1. The number of urea groups is 1. The van der Waals surface area contributed by atoms with Gasteiger partial charge in [0.1, 0.15) is 0 Å². The topological polar surface area (TPSA) is 52.6 Å². The van der Waals surface area contributed by atoms with Crippen molar-refractivity contribution in [3.05, 3.63) is 16.3 Å². The van der Waals surface area contributed by atoms with E-state index in [1.807, 2.05) is 17.7 Å². The van der Waals surface area contributed by atoms with Gasteiger partial charge in [0.25, 0.3) is 0 Å². The molecule has 0 atom stereocenters. The molecule has 1 fully saturated rings. The Kier molecular flexibility index (Phi) is 5.22. The van der Waals surface area contributed by atoms with Crippen molar-refractivity contribution in [3.63, 3.8) is 0 Å². The number of hydrogen-bond acceptors (Lipinski definition) is 3. The lowest BCUT2D eigenvalue weighted by Crippen LogP contribution is -2.45. The highest BCUT2D eigenvalue weighted by Gasteiger charge is 2.25. The van der Waals surface area contributed by atoms with E-state index in [4.69, 9.17) is 0 Å². The van der Waals surface area contributed by atoms with E-state index in [2.05, 4.69) is 5.32 Å². The normalized spacial score (nSPS) is 16.3. The zero-order chi connectivity index (χ0) is 13.7. The Balaban J connectivity index is 2.01. The summed E-state index contributed by atoms with van der Waals surface area (Å²) in [5.74, 6) is 0. The van der Waals surface area contributed by atoms with Crippen molar-refractivity contribution in [1.29, 1.82) is 0 Å². The fourth-order valence-corrected chi connectivity index (χ4v) is 3.41. The first-order chi connectivity index (χ1) is 9.22. The number of carbonyl (C=O) groups is 1. The molecule has 0 unspecified atom stereocenters. The molecule has 19 heavy (non-hydrogen) atoms. The summed E-state index contributed by atoms with van der Waals surface area (Å²) in [5.41, 5.74) is 1.97. The first-order valence-corrected chi connectivity index (χ1v) is 7.88. The quantitative estimate of drug-likeness (QED) is 0.891. The van der Waals surface area contributed by atoms with Crippen LogP contribution in [0.2, 0.25) is 0 Å². The molecule has 1 aromatic rings. The summed E-state index contributed by atoms with van der Waals surface area (Å²) in [6, 6.07) is 0.197. The second-order valence-electron chi connectivity index (χ2n) is 5.11. The lowest BCUT2D eigenvalue weighted by atomic mass is 9.94. The fourth-order valence-electron chi connectivity index (χ4n) is 2.63. The lowest BCUT2D eigenvalue weighted by Gasteiger charge is -2.34. The smallest absolute Gasteiger partial charge is 0.322 e. The summed E-state index contributed by atoms with van der Waals surface area (Å²) in [6.07, 6.45) is 5.72. The van der Waals surface area contributed by atoms with Crippen LogP contribution in [0.5, 0.6) is 0 Å². The highest BCUT2D eigenvalue weighted by Crippen LogP contribution is 2.24. The molecule has 0 saturated heterocycles. The number of rotatable bonds is 4. The highest BCUT2D eigenvalue weighted by molar-refractivity contribution is 7.08. The zero-order valence-electron chi connectivity index (χ0n) is 11.4. The number of amides is 2. The number of carbonyl (C=O) groups excluding carboxylic acids is 1. The molecular formula is C14H22N2O2S. The average molecular weight is 282 g/mol. The van der Waals surface area contributed by atoms with Crippen molar-refractivity contribution in [3.8, 4) is 0 Å². The van der Waals surface area contributed by atoms with E-state index < -0.39 is 0 Å². The SMILES string of the molecule is Cc1cscc1NC(=O)N(CCO)C1CCCCC1. The first kappa shape index (κ1) is 14.3. The van der Waals surface area contributed by atoms with E-state index >= 15 is 0 Å². The molecule has 0 bridgehead atoms. The number of aliphatic hydroxyl groups is 1. The second-order valence-corrected chi connectivity index (χ2v) is 5.85. The van der Waals surface area contributed by atoms with Gasteiger partial charge in [-0.25, -0.2) is 4.79 Å². The Morgan fingerprint density at radius 2 is 2.16 bits per heavy atom. The molecule has 2 N–H and O–H groups in total. The lowest BCUT2D eigenvalue weighted by molar-refractivity contribution is 0.144. The molecule has 1 aromatic heterocycles. The average Bonchev–Trinajstić information content (AvgIpc) is 2.82. The molecule has 0 aliphatic heterocycles. The predicted octanol–water partition coefficient (Wildman–Crippen LogP) is 3.22. The van der Waals surface area contributed by atoms with Crippen LogP contribution in [-0.2, 0) is 0 Å². The van der Waals surface area contributed by atoms with Crippen molar-refractivity contribution in [2.24, 2.45) is 0 Å². The molecule has 1 aliphatic carbocycles. The van der Waals surface area contributed by atoms with Gasteiger partial charge in [0.15, 0.2) is 0 Å². The zero-order valence-corrected chi connectivity index (χ0v) is 12.2. The molecule has 1 saturated carbocycles. The van der Waals surface area contributed by atoms with E-state index in [1.165, 1.54) is 19.3 Å². The van der Waals surface area contributed by atoms with Crippen molar-refractivity contribution >= 4 is 23.1 Å². The van der Waals surface area contributed by atoms with E-state index in [0.717, 1.165) is 24.1 Å². The largest absolute Gasteiger partial charge is 0.395 e. The molecule has 5 heteroatoms. The number of nitrogens with one attached hydrogen (secondary N) is 1. The van der Waals surface area contributed by atoms with Crippen molar-refractivity contribution in [2.75, 3.05) is 18.5 Å². The minimum atomic E-state index is -0.0811. The summed E-state index contributed by atoms with van der Waals surface area (Å²) in [4.78, 5) is 14.2. The van der Waals surface area contributed by atoms with Crippen LogP contribution in [0.3, 0.4) is 0 Å². The van der Waals surface area contributed by atoms with Crippen LogP contribution >= 0.6 is 11.3 Å². The minimum absolute atomic E-state index is 0.0204. The summed E-state index contributed by atoms with van der Waals surface area (Å²) in [5, 5.41) is 16.1. The van der Waals surface area contributed by atoms with Crippen molar-refractivity contribution < 1.29 is 9.90 Å². The number of aliphatic hydroxyl groups excluding tert-OH is 1. The van der Waals surface area contributed by atoms with Crippen LogP contribution in [-0.4, -0.2) is 35.2 Å². The number of nitrogens with zero attached hydrogens (tertiary/aromatic N) is 1. The number of thiophene rings is 1. The summed E-state index contributed by atoms with van der Waals surface area (Å²) >= 11 is 1.59. The van der Waals surface area contributed by atoms with Gasteiger partial charge in [-0.2, -0.15) is 0 Å². The molecule has 0 spiro atoms. The van der Waals surface area contributed by atoms with Crippen molar-refractivity contribution in [1.82, 2.24) is 4.90 Å². The van der Waals surface area contributed by atoms with Gasteiger partial charge in [-0.05, 0) is 30.7 Å². The molecular weight excluding hydrogens is 260 g/mol.